The summed E-state index contributed by atoms with van der Waals surface area (Å²) in [6.45, 7) is -0.418. The van der Waals surface area contributed by atoms with Gasteiger partial charge in [0.05, 0.1) is 6.61 Å². The summed E-state index contributed by atoms with van der Waals surface area (Å²) < 4.78 is 0. The molecule has 0 spiro atoms. The SMILES string of the molecule is OCC(O)C(O)c1cccs1.[Y]. The summed E-state index contributed by atoms with van der Waals surface area (Å²) >= 11 is 1.35. The first-order valence-electron chi connectivity index (χ1n) is 3.26. The van der Waals surface area contributed by atoms with Crippen LogP contribution in [0.25, 0.3) is 0 Å². The van der Waals surface area contributed by atoms with Gasteiger partial charge in [-0.25, -0.2) is 0 Å². The zero-order chi connectivity index (χ0) is 8.27. The van der Waals surface area contributed by atoms with Gasteiger partial charge in [-0.05, 0) is 11.4 Å². The minimum absolute atomic E-state index is 0. The maximum Gasteiger partial charge on any atom is 0.116 e. The van der Waals surface area contributed by atoms with Gasteiger partial charge >= 0.3 is 0 Å². The largest absolute Gasteiger partial charge is 0.394 e. The van der Waals surface area contributed by atoms with Crippen LogP contribution in [0, 0.1) is 0 Å². The van der Waals surface area contributed by atoms with Gasteiger partial charge in [0.2, 0.25) is 0 Å². The molecule has 3 N–H and O–H groups in total. The second-order valence-corrected chi connectivity index (χ2v) is 3.19. The Morgan fingerprint density at radius 2 is 2.08 bits per heavy atom. The molecule has 0 saturated heterocycles. The van der Waals surface area contributed by atoms with Crippen LogP contribution in [0.3, 0.4) is 0 Å². The van der Waals surface area contributed by atoms with Crippen molar-refractivity contribution in [2.75, 3.05) is 6.61 Å². The summed E-state index contributed by atoms with van der Waals surface area (Å²) in [7, 11) is 0. The molecule has 0 fully saturated rings. The molecule has 12 heavy (non-hydrogen) atoms. The second-order valence-electron chi connectivity index (χ2n) is 2.21. The molecule has 0 bridgehead atoms. The topological polar surface area (TPSA) is 60.7 Å². The van der Waals surface area contributed by atoms with Gasteiger partial charge in [0.1, 0.15) is 12.2 Å². The van der Waals surface area contributed by atoms with Gasteiger partial charge in [0.25, 0.3) is 0 Å². The van der Waals surface area contributed by atoms with Crippen LogP contribution in [-0.2, 0) is 32.7 Å². The van der Waals surface area contributed by atoms with Crippen molar-refractivity contribution in [3.05, 3.63) is 22.4 Å². The molecule has 2 unspecified atom stereocenters. The standard InChI is InChI=1S/C7H10O3S.Y/c8-4-5(9)7(10)6-2-1-3-11-6;/h1-3,5,7-10H,4H2;. The third-order valence-electron chi connectivity index (χ3n) is 1.39. The van der Waals surface area contributed by atoms with Gasteiger partial charge in [0.15, 0.2) is 0 Å². The molecule has 1 aromatic rings. The molecule has 0 amide bonds. The van der Waals surface area contributed by atoms with Crippen LogP contribution in [-0.4, -0.2) is 28.0 Å². The van der Waals surface area contributed by atoms with Crippen molar-refractivity contribution < 1.29 is 48.0 Å². The Balaban J connectivity index is 0.00000121. The Labute approximate surface area is 99.9 Å². The summed E-state index contributed by atoms with van der Waals surface area (Å²) in [5.41, 5.74) is 0. The van der Waals surface area contributed by atoms with Crippen LogP contribution in [0.15, 0.2) is 17.5 Å². The molecule has 1 radical (unpaired) electrons. The molecular formula is C7H10O3SY. The third kappa shape index (κ3) is 3.20. The zero-order valence-corrected chi connectivity index (χ0v) is 10.1. The van der Waals surface area contributed by atoms with E-state index >= 15 is 0 Å². The van der Waals surface area contributed by atoms with Gasteiger partial charge in [-0.1, -0.05) is 6.07 Å². The average Bonchev–Trinajstić information content (AvgIpc) is 2.53. The Morgan fingerprint density at radius 3 is 2.50 bits per heavy atom. The van der Waals surface area contributed by atoms with Crippen molar-refractivity contribution >= 4 is 11.3 Å². The van der Waals surface area contributed by atoms with Crippen molar-refractivity contribution in [1.29, 1.82) is 0 Å². The second kappa shape index (κ2) is 6.19. The molecule has 2 atom stereocenters. The monoisotopic (exact) mass is 263 g/mol. The van der Waals surface area contributed by atoms with Crippen LogP contribution < -0.4 is 0 Å². The smallest absolute Gasteiger partial charge is 0.116 e. The van der Waals surface area contributed by atoms with Crippen molar-refractivity contribution in [2.24, 2.45) is 0 Å². The molecule has 1 rings (SSSR count). The fourth-order valence-corrected chi connectivity index (χ4v) is 1.52. The average molecular weight is 263 g/mol. The maximum atomic E-state index is 9.28. The van der Waals surface area contributed by atoms with E-state index in [0.717, 1.165) is 0 Å². The summed E-state index contributed by atoms with van der Waals surface area (Å²) in [5.74, 6) is 0. The molecule has 0 aliphatic carbocycles. The van der Waals surface area contributed by atoms with Crippen LogP contribution in [0.4, 0.5) is 0 Å². The first-order chi connectivity index (χ1) is 5.25. The quantitative estimate of drug-likeness (QED) is 0.726. The van der Waals surface area contributed by atoms with E-state index in [1.54, 1.807) is 12.1 Å². The van der Waals surface area contributed by atoms with E-state index in [1.165, 1.54) is 11.3 Å². The number of aliphatic hydroxyl groups excluding tert-OH is 3. The van der Waals surface area contributed by atoms with Crippen molar-refractivity contribution in [3.8, 4) is 0 Å². The number of aliphatic hydroxyl groups is 3. The Hall–Kier alpha value is 0.684. The van der Waals surface area contributed by atoms with E-state index in [4.69, 9.17) is 10.2 Å². The van der Waals surface area contributed by atoms with Crippen LogP contribution in [0.2, 0.25) is 0 Å². The molecule has 5 heteroatoms. The maximum absolute atomic E-state index is 9.28. The predicted molar refractivity (Wildman–Crippen MR) is 42.4 cm³/mol. The van der Waals surface area contributed by atoms with Crippen LogP contribution in [0.5, 0.6) is 0 Å². The predicted octanol–water partition coefficient (Wildman–Crippen LogP) is 0.132. The summed E-state index contributed by atoms with van der Waals surface area (Å²) in [6, 6.07) is 3.50. The van der Waals surface area contributed by atoms with E-state index < -0.39 is 18.8 Å². The summed E-state index contributed by atoms with van der Waals surface area (Å²) in [4.78, 5) is 0.673. The first-order valence-corrected chi connectivity index (χ1v) is 4.14. The molecular weight excluding hydrogens is 253 g/mol. The normalized spacial score (nSPS) is 14.9. The van der Waals surface area contributed by atoms with E-state index in [-0.39, 0.29) is 32.7 Å². The minimum Gasteiger partial charge on any atom is -0.394 e. The molecule has 65 valence electrons. The van der Waals surface area contributed by atoms with Crippen molar-refractivity contribution in [3.63, 3.8) is 0 Å². The molecule has 1 aromatic heterocycles. The van der Waals surface area contributed by atoms with Crippen molar-refractivity contribution in [2.45, 2.75) is 12.2 Å². The fraction of sp³-hybridized carbons (Fsp3) is 0.429. The molecule has 0 saturated carbocycles. The molecule has 1 heterocycles. The zero-order valence-electron chi connectivity index (χ0n) is 6.42. The Morgan fingerprint density at radius 1 is 1.42 bits per heavy atom. The molecule has 0 aromatic carbocycles. The molecule has 3 nitrogen and oxygen atoms in total. The van der Waals surface area contributed by atoms with Gasteiger partial charge in [-0.2, -0.15) is 0 Å². The van der Waals surface area contributed by atoms with E-state index in [9.17, 15) is 5.11 Å². The summed E-state index contributed by atoms with van der Waals surface area (Å²) in [5, 5.41) is 28.6. The molecule has 0 aliphatic heterocycles. The van der Waals surface area contributed by atoms with E-state index in [0.29, 0.717) is 4.88 Å². The summed E-state index contributed by atoms with van der Waals surface area (Å²) in [6.07, 6.45) is -2.03. The third-order valence-corrected chi connectivity index (χ3v) is 2.33. The van der Waals surface area contributed by atoms with Gasteiger partial charge in [-0.3, -0.25) is 0 Å². The van der Waals surface area contributed by atoms with Gasteiger partial charge in [-0.15, -0.1) is 11.3 Å². The van der Waals surface area contributed by atoms with Crippen molar-refractivity contribution in [1.82, 2.24) is 0 Å². The number of rotatable bonds is 3. The van der Waals surface area contributed by atoms with E-state index in [2.05, 4.69) is 0 Å². The number of hydrogen-bond acceptors (Lipinski definition) is 4. The van der Waals surface area contributed by atoms with Gasteiger partial charge in [0, 0.05) is 37.6 Å². The molecule has 0 aliphatic rings. The Kier molecular flexibility index (Phi) is 6.54. The minimum atomic E-state index is -1.08. The fourth-order valence-electron chi connectivity index (χ4n) is 0.749. The van der Waals surface area contributed by atoms with Crippen LogP contribution >= 0.6 is 11.3 Å². The number of hydrogen-bond donors (Lipinski definition) is 3. The number of thiophene rings is 1. The van der Waals surface area contributed by atoms with Crippen LogP contribution in [0.1, 0.15) is 11.0 Å². The van der Waals surface area contributed by atoms with E-state index in [1.807, 2.05) is 5.38 Å². The van der Waals surface area contributed by atoms with Gasteiger partial charge < -0.3 is 15.3 Å². The first kappa shape index (κ1) is 12.7. The Bertz CT molecular complexity index is 202.